The summed E-state index contributed by atoms with van der Waals surface area (Å²) in [6, 6.07) is 7.65. The van der Waals surface area contributed by atoms with Gasteiger partial charge in [0.2, 0.25) is 0 Å². The van der Waals surface area contributed by atoms with Crippen LogP contribution in [-0.4, -0.2) is 39.4 Å². The van der Waals surface area contributed by atoms with E-state index in [1.54, 1.807) is 4.68 Å². The van der Waals surface area contributed by atoms with Gasteiger partial charge >= 0.3 is 0 Å². The molecule has 0 amide bonds. The Bertz CT molecular complexity index is 842. The number of anilines is 1. The van der Waals surface area contributed by atoms with E-state index in [9.17, 15) is 4.55 Å². The van der Waals surface area contributed by atoms with Crippen LogP contribution in [0.2, 0.25) is 0 Å². The highest BCUT2D eigenvalue weighted by molar-refractivity contribution is 7.92. The Balaban J connectivity index is 1.52. The lowest BCUT2D eigenvalue weighted by Gasteiger charge is -2.28. The van der Waals surface area contributed by atoms with Crippen molar-refractivity contribution in [2.75, 3.05) is 24.9 Å². The predicted molar refractivity (Wildman–Crippen MR) is 115 cm³/mol. The van der Waals surface area contributed by atoms with Crippen molar-refractivity contribution in [3.63, 3.8) is 0 Å². The molecule has 150 valence electrons. The van der Waals surface area contributed by atoms with Gasteiger partial charge in [-0.05, 0) is 83.4 Å². The molecule has 1 atom stereocenters. The van der Waals surface area contributed by atoms with Gasteiger partial charge in [0.25, 0.3) is 0 Å². The minimum absolute atomic E-state index is 0.736. The van der Waals surface area contributed by atoms with Crippen molar-refractivity contribution >= 4 is 17.0 Å². The lowest BCUT2D eigenvalue weighted by atomic mass is 9.92. The van der Waals surface area contributed by atoms with Crippen molar-refractivity contribution in [1.29, 1.82) is 0 Å². The minimum atomic E-state index is -1.32. The third kappa shape index (κ3) is 5.32. The number of aryl methyl sites for hydroxylation is 2. The molecule has 1 aromatic heterocycles. The summed E-state index contributed by atoms with van der Waals surface area (Å²) in [6.07, 6.45) is 4.73. The smallest absolute Gasteiger partial charge is 0.180 e. The number of nitrogens with zero attached hydrogens (tertiary/aromatic N) is 3. The maximum absolute atomic E-state index is 12.6. The zero-order valence-corrected chi connectivity index (χ0v) is 18.1. The number of hydrogen-bond acceptors (Lipinski definition) is 4. The van der Waals surface area contributed by atoms with Crippen LogP contribution in [0, 0.1) is 31.6 Å². The second kappa shape index (κ2) is 9.51. The summed E-state index contributed by atoms with van der Waals surface area (Å²) in [5, 5.41) is 4.35. The molecule has 3 rings (SSSR count). The number of rotatable bonds is 5. The normalized spacial score (nSPS) is 16.5. The molecule has 0 bridgehead atoms. The first-order chi connectivity index (χ1) is 13.4. The third-order valence-electron chi connectivity index (χ3n) is 5.52. The van der Waals surface area contributed by atoms with Crippen LogP contribution in [0.15, 0.2) is 29.2 Å². The summed E-state index contributed by atoms with van der Waals surface area (Å²) in [5.41, 5.74) is 3.62. The van der Waals surface area contributed by atoms with E-state index in [0.717, 1.165) is 39.9 Å². The molecule has 1 fully saturated rings. The van der Waals surface area contributed by atoms with E-state index in [2.05, 4.69) is 33.6 Å². The number of nitrogens with one attached hydrogen (secondary N) is 1. The van der Waals surface area contributed by atoms with E-state index in [0.29, 0.717) is 0 Å². The van der Waals surface area contributed by atoms with Gasteiger partial charge in [0.15, 0.2) is 4.90 Å². The summed E-state index contributed by atoms with van der Waals surface area (Å²) in [5.74, 6) is 7.36. The molecule has 2 heterocycles. The van der Waals surface area contributed by atoms with E-state index < -0.39 is 11.4 Å². The maximum atomic E-state index is 12.6. The summed E-state index contributed by atoms with van der Waals surface area (Å²) in [4.78, 5) is 3.14. The monoisotopic (exact) mass is 398 g/mol. The van der Waals surface area contributed by atoms with Gasteiger partial charge in [-0.25, -0.2) is 0 Å². The first-order valence-corrected chi connectivity index (χ1v) is 11.0. The molecule has 5 nitrogen and oxygen atoms in total. The fraction of sp³-hybridized carbons (Fsp3) is 0.500. The highest BCUT2D eigenvalue weighted by Crippen LogP contribution is 2.23. The van der Waals surface area contributed by atoms with E-state index in [4.69, 9.17) is 0 Å². The molecule has 6 heteroatoms. The van der Waals surface area contributed by atoms with E-state index in [1.807, 2.05) is 45.2 Å². The maximum Gasteiger partial charge on any atom is 0.180 e. The van der Waals surface area contributed by atoms with Gasteiger partial charge in [-0.2, -0.15) is 9.82 Å². The highest BCUT2D eigenvalue weighted by Gasteiger charge is 2.18. The Kier molecular flexibility index (Phi) is 7.06. The molecule has 0 radical (unpaired) electrons. The summed E-state index contributed by atoms with van der Waals surface area (Å²) in [7, 11) is 4.08. The number of aromatic nitrogens is 2. The van der Waals surface area contributed by atoms with Crippen LogP contribution in [0.4, 0.5) is 5.69 Å². The molecule has 1 aliphatic heterocycles. The second-order valence-corrected chi connectivity index (χ2v) is 8.86. The Morgan fingerprint density at radius 2 is 1.86 bits per heavy atom. The number of benzene rings is 1. The van der Waals surface area contributed by atoms with Gasteiger partial charge in [-0.15, -0.1) is 0 Å². The average molecular weight is 399 g/mol. The molecule has 28 heavy (non-hydrogen) atoms. The van der Waals surface area contributed by atoms with Crippen LogP contribution in [0.3, 0.4) is 0 Å². The fourth-order valence-corrected chi connectivity index (χ4v) is 4.51. The van der Waals surface area contributed by atoms with Crippen molar-refractivity contribution in [2.45, 2.75) is 44.4 Å². The van der Waals surface area contributed by atoms with Crippen LogP contribution in [0.5, 0.6) is 0 Å². The molecular formula is C22H30N4OS. The summed E-state index contributed by atoms with van der Waals surface area (Å²) in [6.45, 7) is 6.30. The quantitative estimate of drug-likeness (QED) is 0.617. The third-order valence-corrected chi connectivity index (χ3v) is 6.61. The van der Waals surface area contributed by atoms with Crippen LogP contribution in [0.1, 0.15) is 42.6 Å². The molecule has 0 spiro atoms. The summed E-state index contributed by atoms with van der Waals surface area (Å²) >= 11 is -1.32. The second-order valence-electron chi connectivity index (χ2n) is 7.65. The van der Waals surface area contributed by atoms with Gasteiger partial charge in [-0.1, -0.05) is 11.8 Å². The number of piperidine rings is 1. The first-order valence-electron chi connectivity index (χ1n) is 9.90. The zero-order chi connectivity index (χ0) is 20.1. The molecule has 1 aromatic carbocycles. The van der Waals surface area contributed by atoms with Crippen molar-refractivity contribution in [3.8, 4) is 11.8 Å². The average Bonchev–Trinajstić information content (AvgIpc) is 2.93. The predicted octanol–water partition coefficient (Wildman–Crippen LogP) is 3.65. The molecule has 2 aromatic rings. The molecule has 1 N–H and O–H groups in total. The van der Waals surface area contributed by atoms with Gasteiger partial charge in [-0.3, -0.25) is 4.68 Å². The van der Waals surface area contributed by atoms with Gasteiger partial charge in [0.05, 0.1) is 11.4 Å². The van der Waals surface area contributed by atoms with E-state index in [-0.39, 0.29) is 0 Å². The van der Waals surface area contributed by atoms with Crippen molar-refractivity contribution < 1.29 is 4.55 Å². The molecule has 0 saturated carbocycles. The van der Waals surface area contributed by atoms with Crippen molar-refractivity contribution in [1.82, 2.24) is 14.7 Å². The number of hydrogen-bond donors (Lipinski definition) is 1. The van der Waals surface area contributed by atoms with E-state index >= 15 is 0 Å². The highest BCUT2D eigenvalue weighted by atomic mass is 32.2. The molecule has 1 unspecified atom stereocenters. The van der Waals surface area contributed by atoms with Crippen molar-refractivity contribution in [2.24, 2.45) is 13.0 Å². The largest absolute Gasteiger partial charge is 0.588 e. The van der Waals surface area contributed by atoms with Crippen LogP contribution in [-0.2, 0) is 18.4 Å². The molecule has 0 aliphatic carbocycles. The Labute approximate surface area is 171 Å². The fourth-order valence-electron chi connectivity index (χ4n) is 3.53. The van der Waals surface area contributed by atoms with Gasteiger partial charge in [0.1, 0.15) is 17.0 Å². The first kappa shape index (κ1) is 20.8. The van der Waals surface area contributed by atoms with Crippen LogP contribution < -0.4 is 4.72 Å². The minimum Gasteiger partial charge on any atom is -0.588 e. The number of likely N-dealkylation sites (tertiary alicyclic amines) is 1. The van der Waals surface area contributed by atoms with Crippen molar-refractivity contribution in [3.05, 3.63) is 41.2 Å². The zero-order valence-electron chi connectivity index (χ0n) is 17.3. The SMILES string of the molecule is Cc1nn(C)c(C)c1N[S+]([O-])c1ccc(C#CCCC2CCN(C)CC2)cc1. The Hall–Kier alpha value is -1.94. The standard InChI is InChI=1S/C22H30N4OS/c1-17-22(18(2)26(4)23-17)24-28(27)21-11-9-19(10-12-21)7-5-6-8-20-13-15-25(3)16-14-20/h9-12,20,24H,6,8,13-16H2,1-4H3. The molecule has 1 aliphatic rings. The molecule has 1 saturated heterocycles. The lowest BCUT2D eigenvalue weighted by Crippen LogP contribution is -2.30. The van der Waals surface area contributed by atoms with E-state index in [1.165, 1.54) is 32.4 Å². The molecular weight excluding hydrogens is 368 g/mol. The topological polar surface area (TPSA) is 56.1 Å². The Morgan fingerprint density at radius 3 is 2.46 bits per heavy atom. The van der Waals surface area contributed by atoms with Crippen LogP contribution >= 0.6 is 0 Å². The lowest BCUT2D eigenvalue weighted by molar-refractivity contribution is 0.213. The van der Waals surface area contributed by atoms with Crippen LogP contribution in [0.25, 0.3) is 0 Å². The van der Waals surface area contributed by atoms with Gasteiger partial charge < -0.3 is 9.45 Å². The summed E-state index contributed by atoms with van der Waals surface area (Å²) < 4.78 is 17.5. The van der Waals surface area contributed by atoms with Gasteiger partial charge in [0, 0.05) is 19.0 Å². The Morgan fingerprint density at radius 1 is 1.18 bits per heavy atom.